The van der Waals surface area contributed by atoms with Gasteiger partial charge in [0, 0.05) is 23.2 Å². The minimum Gasteiger partial charge on any atom is -0.379 e. The molecule has 0 unspecified atom stereocenters. The summed E-state index contributed by atoms with van der Waals surface area (Å²) in [6.45, 7) is 2.17. The Bertz CT molecular complexity index is 904. The molecule has 0 saturated heterocycles. The van der Waals surface area contributed by atoms with E-state index < -0.39 is 5.54 Å². The zero-order valence-corrected chi connectivity index (χ0v) is 15.8. The van der Waals surface area contributed by atoms with Crippen LogP contribution in [-0.2, 0) is 5.54 Å². The lowest BCUT2D eigenvalue weighted by molar-refractivity contribution is 0.102. The van der Waals surface area contributed by atoms with E-state index in [0.29, 0.717) is 28.0 Å². The zero-order chi connectivity index (χ0) is 19.0. The average Bonchev–Trinajstić information content (AvgIpc) is 3.00. The number of amidine groups is 1. The first-order valence-electron chi connectivity index (χ1n) is 8.98. The summed E-state index contributed by atoms with van der Waals surface area (Å²) in [6, 6.07) is 9.79. The number of carbonyl (C=O) groups excluding carboxylic acids is 1. The number of halogens is 1. The number of aromatic nitrogens is 1. The van der Waals surface area contributed by atoms with Crippen LogP contribution in [0.5, 0.6) is 0 Å². The molecule has 1 fully saturated rings. The van der Waals surface area contributed by atoms with Gasteiger partial charge < -0.3 is 11.1 Å². The summed E-state index contributed by atoms with van der Waals surface area (Å²) in [7, 11) is 0. The lowest BCUT2D eigenvalue weighted by Crippen LogP contribution is -2.37. The molecule has 0 spiro atoms. The number of nitrogens with one attached hydrogen (secondary N) is 1. The second-order valence-corrected chi connectivity index (χ2v) is 8.33. The second kappa shape index (κ2) is 6.96. The third-order valence-electron chi connectivity index (χ3n) is 5.35. The average molecular weight is 384 g/mol. The van der Waals surface area contributed by atoms with Crippen molar-refractivity contribution in [2.24, 2.45) is 22.6 Å². The van der Waals surface area contributed by atoms with Gasteiger partial charge in [0.25, 0.3) is 5.91 Å². The van der Waals surface area contributed by atoms with Crippen molar-refractivity contribution >= 4 is 28.5 Å². The van der Waals surface area contributed by atoms with Gasteiger partial charge in [-0.2, -0.15) is 0 Å². The van der Waals surface area contributed by atoms with Crippen molar-refractivity contribution in [3.05, 3.63) is 59.7 Å². The van der Waals surface area contributed by atoms with Gasteiger partial charge in [-0.3, -0.25) is 14.8 Å². The highest BCUT2D eigenvalue weighted by molar-refractivity contribution is 8.13. The van der Waals surface area contributed by atoms with E-state index in [1.54, 1.807) is 36.5 Å². The van der Waals surface area contributed by atoms with Crippen molar-refractivity contribution in [2.45, 2.75) is 25.3 Å². The second-order valence-electron chi connectivity index (χ2n) is 7.29. The third-order valence-corrected chi connectivity index (χ3v) is 6.31. The summed E-state index contributed by atoms with van der Waals surface area (Å²) in [6.07, 6.45) is 3.31. The molecule has 1 saturated carbocycles. The maximum atomic E-state index is 14.9. The van der Waals surface area contributed by atoms with Crippen molar-refractivity contribution in [3.8, 4) is 0 Å². The normalized spacial score (nSPS) is 27.0. The molecule has 1 aromatic heterocycles. The highest BCUT2D eigenvalue weighted by Crippen LogP contribution is 2.53. The fourth-order valence-electron chi connectivity index (χ4n) is 4.24. The molecule has 1 aliphatic heterocycles. The van der Waals surface area contributed by atoms with E-state index in [-0.39, 0.29) is 17.6 Å². The van der Waals surface area contributed by atoms with Crippen LogP contribution in [-0.4, -0.2) is 21.8 Å². The molecule has 3 atom stereocenters. The molecule has 140 valence electrons. The third kappa shape index (κ3) is 3.32. The lowest BCUT2D eigenvalue weighted by atomic mass is 9.81. The first-order valence-corrected chi connectivity index (χ1v) is 9.97. The van der Waals surface area contributed by atoms with Crippen LogP contribution in [0.25, 0.3) is 0 Å². The number of aliphatic imine (C=N–C) groups is 1. The number of pyridine rings is 1. The van der Waals surface area contributed by atoms with E-state index >= 15 is 0 Å². The number of nitrogens with zero attached hydrogens (tertiary/aromatic N) is 2. The van der Waals surface area contributed by atoms with Gasteiger partial charge in [0.1, 0.15) is 11.5 Å². The number of amides is 1. The van der Waals surface area contributed by atoms with Crippen LogP contribution in [0.2, 0.25) is 0 Å². The van der Waals surface area contributed by atoms with Gasteiger partial charge in [-0.1, -0.05) is 24.8 Å². The highest BCUT2D eigenvalue weighted by Gasteiger charge is 2.50. The van der Waals surface area contributed by atoms with Crippen LogP contribution >= 0.6 is 11.8 Å². The summed E-state index contributed by atoms with van der Waals surface area (Å²) >= 11 is 1.54. The largest absolute Gasteiger partial charge is 0.379 e. The fraction of sp³-hybridized carbons (Fsp3) is 0.350. The van der Waals surface area contributed by atoms with Gasteiger partial charge in [-0.15, -0.1) is 0 Å². The number of fused-ring (bicyclic) bond motifs is 1. The zero-order valence-electron chi connectivity index (χ0n) is 15.0. The van der Waals surface area contributed by atoms with Crippen LogP contribution in [0.3, 0.4) is 0 Å². The summed E-state index contributed by atoms with van der Waals surface area (Å²) in [4.78, 5) is 21.2. The SMILES string of the molecule is C[C@H]1C[C@H]2CSC(N)=N[C@@]2(c2cc(NC(=O)c3ccccn3)ccc2F)C1. The minimum absolute atomic E-state index is 0.237. The van der Waals surface area contributed by atoms with E-state index in [4.69, 9.17) is 10.7 Å². The molecule has 2 heterocycles. The van der Waals surface area contributed by atoms with E-state index in [1.807, 2.05) is 0 Å². The number of rotatable bonds is 3. The number of hydrogen-bond acceptors (Lipinski definition) is 5. The molecule has 7 heteroatoms. The van der Waals surface area contributed by atoms with Crippen molar-refractivity contribution in [2.75, 3.05) is 11.1 Å². The number of benzene rings is 1. The molecule has 2 aliphatic rings. The Morgan fingerprint density at radius 2 is 2.22 bits per heavy atom. The van der Waals surface area contributed by atoms with Crippen molar-refractivity contribution in [3.63, 3.8) is 0 Å². The molecule has 4 rings (SSSR count). The minimum atomic E-state index is -0.648. The Morgan fingerprint density at radius 3 is 3.00 bits per heavy atom. The van der Waals surface area contributed by atoms with Gasteiger partial charge in [-0.05, 0) is 55.0 Å². The predicted molar refractivity (Wildman–Crippen MR) is 106 cm³/mol. The van der Waals surface area contributed by atoms with E-state index in [1.165, 1.54) is 17.8 Å². The summed E-state index contributed by atoms with van der Waals surface area (Å²) in [5.41, 5.74) is 6.72. The molecule has 1 amide bonds. The molecule has 2 aromatic rings. The van der Waals surface area contributed by atoms with Crippen LogP contribution < -0.4 is 11.1 Å². The van der Waals surface area contributed by atoms with Crippen molar-refractivity contribution < 1.29 is 9.18 Å². The van der Waals surface area contributed by atoms with Gasteiger partial charge in [0.2, 0.25) is 0 Å². The van der Waals surface area contributed by atoms with E-state index in [0.717, 1.165) is 18.6 Å². The summed E-state index contributed by atoms with van der Waals surface area (Å²) in [5.74, 6) is 0.874. The Kier molecular flexibility index (Phi) is 4.63. The summed E-state index contributed by atoms with van der Waals surface area (Å²) in [5, 5.41) is 3.31. The molecule has 1 aliphatic carbocycles. The molecular formula is C20H21FN4OS. The summed E-state index contributed by atoms with van der Waals surface area (Å²) < 4.78 is 14.9. The van der Waals surface area contributed by atoms with Crippen LogP contribution in [0.1, 0.15) is 35.8 Å². The van der Waals surface area contributed by atoms with Crippen LogP contribution in [0.15, 0.2) is 47.6 Å². The Hall–Kier alpha value is -2.41. The molecule has 1 aromatic carbocycles. The molecule has 3 N–H and O–H groups in total. The van der Waals surface area contributed by atoms with Crippen LogP contribution in [0.4, 0.5) is 10.1 Å². The van der Waals surface area contributed by atoms with Gasteiger partial charge in [0.15, 0.2) is 5.17 Å². The first kappa shape index (κ1) is 18.0. The van der Waals surface area contributed by atoms with Crippen molar-refractivity contribution in [1.82, 2.24) is 4.98 Å². The molecular weight excluding hydrogens is 363 g/mol. The number of carbonyl (C=O) groups is 1. The Morgan fingerprint density at radius 1 is 1.37 bits per heavy atom. The maximum absolute atomic E-state index is 14.9. The standard InChI is InChI=1S/C20H21FN4OS/c1-12-8-13-11-27-19(22)25-20(13,10-12)15-9-14(5-6-16(15)21)24-18(26)17-4-2-3-7-23-17/h2-7,9,12-13H,8,10-11H2,1H3,(H2,22,25)(H,24,26)/t12-,13-,20-/m0/s1. The van der Waals surface area contributed by atoms with Crippen molar-refractivity contribution in [1.29, 1.82) is 0 Å². The van der Waals surface area contributed by atoms with Gasteiger partial charge in [0.05, 0.1) is 5.54 Å². The number of anilines is 1. The molecule has 0 bridgehead atoms. The maximum Gasteiger partial charge on any atom is 0.274 e. The van der Waals surface area contributed by atoms with Crippen LogP contribution in [0, 0.1) is 17.7 Å². The molecule has 27 heavy (non-hydrogen) atoms. The monoisotopic (exact) mass is 384 g/mol. The van der Waals surface area contributed by atoms with E-state index in [9.17, 15) is 9.18 Å². The predicted octanol–water partition coefficient (Wildman–Crippen LogP) is 3.78. The number of thioether (sulfide) groups is 1. The molecule has 0 radical (unpaired) electrons. The van der Waals surface area contributed by atoms with Gasteiger partial charge in [-0.25, -0.2) is 4.39 Å². The Balaban J connectivity index is 1.70. The fourth-order valence-corrected chi connectivity index (χ4v) is 5.25. The quantitative estimate of drug-likeness (QED) is 0.844. The number of nitrogens with two attached hydrogens (primary N) is 1. The van der Waals surface area contributed by atoms with Gasteiger partial charge >= 0.3 is 0 Å². The highest BCUT2D eigenvalue weighted by atomic mass is 32.2. The molecule has 5 nitrogen and oxygen atoms in total. The smallest absolute Gasteiger partial charge is 0.274 e. The Labute approximate surface area is 161 Å². The first-order chi connectivity index (χ1) is 13.0. The number of hydrogen-bond donors (Lipinski definition) is 2. The topological polar surface area (TPSA) is 80.4 Å². The van der Waals surface area contributed by atoms with E-state index in [2.05, 4.69) is 17.2 Å². The lowest BCUT2D eigenvalue weighted by Gasteiger charge is -2.36.